The Morgan fingerprint density at radius 1 is 0.205 bits per heavy atom. The molecule has 15 rings (SSSR count). The number of hydrogen-bond donors (Lipinski definition) is 0. The second-order valence-electron chi connectivity index (χ2n) is 21.9. The van der Waals surface area contributed by atoms with Crippen LogP contribution >= 0.6 is 0 Å². The van der Waals surface area contributed by atoms with E-state index >= 15 is 0 Å². The molecule has 0 spiro atoms. The minimum absolute atomic E-state index is 1.02. The molecule has 0 bridgehead atoms. The van der Waals surface area contributed by atoms with E-state index in [2.05, 4.69) is 369 Å². The summed E-state index contributed by atoms with van der Waals surface area (Å²) in [6, 6.07) is 118. The first-order valence-corrected chi connectivity index (χ1v) is 29.8. The van der Waals surface area contributed by atoms with Gasteiger partial charge in [-0.15, -0.1) is 0 Å². The molecule has 0 aliphatic rings. The Hall–Kier alpha value is -11.9. The van der Waals surface area contributed by atoms with Crippen molar-refractivity contribution in [1.82, 2.24) is 9.13 Å². The summed E-state index contributed by atoms with van der Waals surface area (Å²) in [5, 5.41) is 4.75. The first kappa shape index (κ1) is 52.9. The molecule has 6 heteroatoms. The normalized spacial score (nSPS) is 11.3. The molecule has 0 N–H and O–H groups in total. The van der Waals surface area contributed by atoms with Crippen LogP contribution in [0.15, 0.2) is 341 Å². The van der Waals surface area contributed by atoms with E-state index in [0.29, 0.717) is 0 Å². The van der Waals surface area contributed by atoms with Crippen molar-refractivity contribution < 1.29 is 0 Å². The summed E-state index contributed by atoms with van der Waals surface area (Å²) in [5.74, 6) is 0. The van der Waals surface area contributed by atoms with Gasteiger partial charge in [-0.2, -0.15) is 0 Å². The van der Waals surface area contributed by atoms with Gasteiger partial charge in [0.05, 0.1) is 22.1 Å². The zero-order valence-electron chi connectivity index (χ0n) is 48.4. The van der Waals surface area contributed by atoms with Gasteiger partial charge in [0.2, 0.25) is 0 Å². The smallest absolute Gasteiger partial charge is 0.0542 e. The maximum Gasteiger partial charge on any atom is 0.0542 e. The lowest BCUT2D eigenvalue weighted by Crippen LogP contribution is -2.14. The van der Waals surface area contributed by atoms with Gasteiger partial charge < -0.3 is 28.7 Å². The third-order valence-electron chi connectivity index (χ3n) is 16.8. The number of hydrogen-bond acceptors (Lipinski definition) is 4. The number of anilines is 12. The highest BCUT2D eigenvalue weighted by Gasteiger charge is 2.23. The molecule has 0 saturated heterocycles. The Labute approximate surface area is 513 Å². The Bertz CT molecular complexity index is 4670. The molecular formula is C82H60N6. The molecular weight excluding hydrogens is 1070 g/mol. The first-order chi connectivity index (χ1) is 43.6. The second-order valence-corrected chi connectivity index (χ2v) is 21.9. The van der Waals surface area contributed by atoms with Gasteiger partial charge in [-0.05, 0) is 205 Å². The Morgan fingerprint density at radius 3 is 0.716 bits per heavy atom. The highest BCUT2D eigenvalue weighted by atomic mass is 15.2. The molecule has 0 radical (unpaired) electrons. The predicted octanol–water partition coefficient (Wildman–Crippen LogP) is 23.0. The SMILES string of the molecule is C=Cc1ccc(-n2c3ccccc3c3cc(N(c4ccccc4)c4ccc(N(c5ccc(N(c6ccccc6)c6ccccc6)cc5)c5ccc(N(c6ccccc6)c6ccc7c(c6)c6ccccc6n7-c6ccc(C=C)cc6)cc5)cc4)ccc32)cc1. The predicted molar refractivity (Wildman–Crippen MR) is 374 cm³/mol. The highest BCUT2D eigenvalue weighted by molar-refractivity contribution is 6.12. The van der Waals surface area contributed by atoms with E-state index in [-0.39, 0.29) is 0 Å². The fourth-order valence-corrected chi connectivity index (χ4v) is 12.6. The van der Waals surface area contributed by atoms with Crippen LogP contribution in [0.2, 0.25) is 0 Å². The summed E-state index contributed by atoms with van der Waals surface area (Å²) in [4.78, 5) is 9.38. The molecule has 2 aromatic heterocycles. The molecule has 0 fully saturated rings. The molecule has 0 saturated carbocycles. The molecule has 0 unspecified atom stereocenters. The molecule has 15 aromatic rings. The van der Waals surface area contributed by atoms with Gasteiger partial charge >= 0.3 is 0 Å². The zero-order valence-corrected chi connectivity index (χ0v) is 48.4. The van der Waals surface area contributed by atoms with E-state index in [4.69, 9.17) is 0 Å². The number of nitrogens with zero attached hydrogens (tertiary/aromatic N) is 6. The van der Waals surface area contributed by atoms with Gasteiger partial charge in [0.15, 0.2) is 0 Å². The van der Waals surface area contributed by atoms with Crippen LogP contribution in [0.4, 0.5) is 68.2 Å². The summed E-state index contributed by atoms with van der Waals surface area (Å²) in [7, 11) is 0. The van der Waals surface area contributed by atoms with Crippen molar-refractivity contribution in [3.63, 3.8) is 0 Å². The summed E-state index contributed by atoms with van der Waals surface area (Å²) in [5.41, 5.74) is 21.6. The van der Waals surface area contributed by atoms with Crippen LogP contribution in [-0.4, -0.2) is 9.13 Å². The fraction of sp³-hybridized carbons (Fsp3) is 0. The summed E-state index contributed by atoms with van der Waals surface area (Å²) in [6.45, 7) is 7.99. The van der Waals surface area contributed by atoms with Crippen molar-refractivity contribution in [2.24, 2.45) is 0 Å². The first-order valence-electron chi connectivity index (χ1n) is 29.8. The maximum atomic E-state index is 3.99. The van der Waals surface area contributed by atoms with Crippen molar-refractivity contribution in [3.8, 4) is 11.4 Å². The Balaban J connectivity index is 0.839. The van der Waals surface area contributed by atoms with Gasteiger partial charge in [-0.3, -0.25) is 0 Å². The lowest BCUT2D eigenvalue weighted by Gasteiger charge is -2.30. The van der Waals surface area contributed by atoms with Gasteiger partial charge in [-0.25, -0.2) is 0 Å². The monoisotopic (exact) mass is 1130 g/mol. The van der Waals surface area contributed by atoms with Gasteiger partial charge in [0.25, 0.3) is 0 Å². The van der Waals surface area contributed by atoms with Crippen LogP contribution < -0.4 is 19.6 Å². The van der Waals surface area contributed by atoms with E-state index in [9.17, 15) is 0 Å². The summed E-state index contributed by atoms with van der Waals surface area (Å²) < 4.78 is 4.73. The Morgan fingerprint density at radius 2 is 0.432 bits per heavy atom. The van der Waals surface area contributed by atoms with Crippen LogP contribution in [0.25, 0.3) is 67.1 Å². The number of rotatable bonds is 16. The van der Waals surface area contributed by atoms with E-state index < -0.39 is 0 Å². The van der Waals surface area contributed by atoms with E-state index in [1.54, 1.807) is 0 Å². The lowest BCUT2D eigenvalue weighted by atomic mass is 10.1. The number of para-hydroxylation sites is 6. The van der Waals surface area contributed by atoms with Gasteiger partial charge in [0, 0.05) is 101 Å². The molecule has 0 amide bonds. The van der Waals surface area contributed by atoms with Crippen LogP contribution in [0.5, 0.6) is 0 Å². The Kier molecular flexibility index (Phi) is 13.8. The van der Waals surface area contributed by atoms with Crippen LogP contribution in [0.1, 0.15) is 11.1 Å². The molecule has 0 aliphatic carbocycles. The van der Waals surface area contributed by atoms with Gasteiger partial charge in [0.1, 0.15) is 0 Å². The topological polar surface area (TPSA) is 22.8 Å². The molecule has 13 aromatic carbocycles. The van der Waals surface area contributed by atoms with E-state index in [1.165, 1.54) is 21.5 Å². The lowest BCUT2D eigenvalue weighted by molar-refractivity contribution is 1.18. The molecule has 2 heterocycles. The highest BCUT2D eigenvalue weighted by Crippen LogP contribution is 2.46. The zero-order chi connectivity index (χ0) is 58.9. The molecule has 88 heavy (non-hydrogen) atoms. The minimum atomic E-state index is 1.02. The van der Waals surface area contributed by atoms with Crippen molar-refractivity contribution in [2.75, 3.05) is 19.6 Å². The molecule has 0 aliphatic heterocycles. The average Bonchev–Trinajstić information content (AvgIpc) is 1.96. The van der Waals surface area contributed by atoms with Crippen LogP contribution in [0, 0.1) is 0 Å². The van der Waals surface area contributed by atoms with Gasteiger partial charge in [-0.1, -0.05) is 159 Å². The second kappa shape index (κ2) is 23.0. The van der Waals surface area contributed by atoms with Crippen molar-refractivity contribution >= 4 is 124 Å². The largest absolute Gasteiger partial charge is 0.311 e. The summed E-state index contributed by atoms with van der Waals surface area (Å²) in [6.07, 6.45) is 3.78. The third-order valence-corrected chi connectivity index (χ3v) is 16.8. The standard InChI is InChI=1S/C82H60N6/c1-3-59-33-37-71(38-34-59)87-79-31-19-17-29-75(79)77-57-73(53-55-81(77)87)85(63-25-13-7-14-26-63)69-49-45-67(46-50-69)84(66-43-41-65(42-44-66)83(61-21-9-5-10-22-61)62-23-11-6-12-24-62)68-47-51-70(52-48-68)86(64-27-15-8-16-28-64)74-54-56-82-78(58-74)76-30-18-20-32-80(76)88(82)72-39-35-60(4-2)36-40-72/h3-58H,1-2H2. The summed E-state index contributed by atoms with van der Waals surface area (Å²) >= 11 is 0. The number of aromatic nitrogens is 2. The molecule has 0 atom stereocenters. The fourth-order valence-electron chi connectivity index (χ4n) is 12.6. The van der Waals surface area contributed by atoms with E-state index in [1.807, 2.05) is 12.2 Å². The number of fused-ring (bicyclic) bond motifs is 6. The maximum absolute atomic E-state index is 3.99. The average molecular weight is 1130 g/mol. The van der Waals surface area contributed by atoms with Crippen molar-refractivity contribution in [1.29, 1.82) is 0 Å². The molecule has 6 nitrogen and oxygen atoms in total. The van der Waals surface area contributed by atoms with Crippen molar-refractivity contribution in [2.45, 2.75) is 0 Å². The third kappa shape index (κ3) is 9.71. The van der Waals surface area contributed by atoms with Crippen LogP contribution in [0.3, 0.4) is 0 Å². The van der Waals surface area contributed by atoms with Crippen molar-refractivity contribution in [3.05, 3.63) is 352 Å². The quantitative estimate of drug-likeness (QED) is 0.0962. The number of benzene rings is 13. The molecule has 418 valence electrons. The van der Waals surface area contributed by atoms with E-state index in [0.717, 1.165) is 113 Å². The van der Waals surface area contributed by atoms with Crippen LogP contribution in [-0.2, 0) is 0 Å². The minimum Gasteiger partial charge on any atom is -0.311 e.